The van der Waals surface area contributed by atoms with Crippen molar-refractivity contribution in [2.45, 2.75) is 39.2 Å². The van der Waals surface area contributed by atoms with Crippen molar-refractivity contribution < 1.29 is 14.3 Å². The third-order valence-electron chi connectivity index (χ3n) is 5.41. The number of hydrogen-bond acceptors (Lipinski definition) is 5. The number of esters is 1. The Morgan fingerprint density at radius 1 is 1.29 bits per heavy atom. The lowest BCUT2D eigenvalue weighted by Gasteiger charge is -2.33. The molecule has 0 atom stereocenters. The molecule has 0 unspecified atom stereocenters. The minimum absolute atomic E-state index is 0.0167. The summed E-state index contributed by atoms with van der Waals surface area (Å²) in [6.07, 6.45) is 2.96. The highest BCUT2D eigenvalue weighted by Crippen LogP contribution is 2.24. The Hall–Kier alpha value is -2.09. The Labute approximate surface area is 170 Å². The molecule has 0 saturated carbocycles. The molecular formula is C20H30N4O3S. The van der Waals surface area contributed by atoms with Crippen LogP contribution in [-0.4, -0.2) is 67.5 Å². The summed E-state index contributed by atoms with van der Waals surface area (Å²) in [7, 11) is 1.75. The molecule has 1 aromatic heterocycles. The molecule has 1 N–H and O–H groups in total. The van der Waals surface area contributed by atoms with E-state index in [9.17, 15) is 9.59 Å². The number of nitrogens with zero attached hydrogens (tertiary/aromatic N) is 3. The van der Waals surface area contributed by atoms with Gasteiger partial charge in [-0.2, -0.15) is 0 Å². The minimum Gasteiger partial charge on any atom is -0.466 e. The number of nitrogens with one attached hydrogen (secondary N) is 1. The smallest absolute Gasteiger partial charge is 0.309 e. The summed E-state index contributed by atoms with van der Waals surface area (Å²) < 4.78 is 5.12. The number of thiophene rings is 1. The lowest BCUT2D eigenvalue weighted by atomic mass is 9.97. The van der Waals surface area contributed by atoms with Gasteiger partial charge in [-0.3, -0.25) is 14.6 Å². The van der Waals surface area contributed by atoms with Gasteiger partial charge in [-0.25, -0.2) is 0 Å². The first kappa shape index (κ1) is 20.6. The zero-order chi connectivity index (χ0) is 19.9. The van der Waals surface area contributed by atoms with Gasteiger partial charge in [0.25, 0.3) is 0 Å². The van der Waals surface area contributed by atoms with Crippen molar-refractivity contribution in [2.24, 2.45) is 10.9 Å². The molecule has 0 spiro atoms. The molecule has 3 heterocycles. The number of rotatable bonds is 5. The zero-order valence-electron chi connectivity index (χ0n) is 16.8. The Morgan fingerprint density at radius 3 is 2.79 bits per heavy atom. The standard InChI is InChI=1S/C20H30N4O3S/c1-3-27-19(26)15-5-10-23(11-6-15)20(21-2)22-9-4-18(25)24-12-7-17-16(14-24)8-13-28-17/h8,13,15H,3-7,9-12,14H2,1-2H3,(H,21,22). The molecule has 1 fully saturated rings. The van der Waals surface area contributed by atoms with E-state index in [1.807, 2.05) is 11.8 Å². The van der Waals surface area contributed by atoms with E-state index < -0.39 is 0 Å². The number of carbonyl (C=O) groups excluding carboxylic acids is 2. The van der Waals surface area contributed by atoms with Crippen molar-refractivity contribution in [1.82, 2.24) is 15.1 Å². The second kappa shape index (κ2) is 9.91. The summed E-state index contributed by atoms with van der Waals surface area (Å²) in [5, 5.41) is 5.41. The molecule has 8 heteroatoms. The molecule has 7 nitrogen and oxygen atoms in total. The summed E-state index contributed by atoms with van der Waals surface area (Å²) in [6.45, 7) is 5.91. The summed E-state index contributed by atoms with van der Waals surface area (Å²) in [5.41, 5.74) is 1.29. The van der Waals surface area contributed by atoms with Gasteiger partial charge in [0.15, 0.2) is 5.96 Å². The van der Waals surface area contributed by atoms with E-state index in [2.05, 4.69) is 26.7 Å². The predicted molar refractivity (Wildman–Crippen MR) is 110 cm³/mol. The number of ether oxygens (including phenoxy) is 1. The average molecular weight is 407 g/mol. The van der Waals surface area contributed by atoms with Gasteiger partial charge in [0.1, 0.15) is 0 Å². The summed E-state index contributed by atoms with van der Waals surface area (Å²) in [5.74, 6) is 0.873. The van der Waals surface area contributed by atoms with Crippen LogP contribution in [-0.2, 0) is 27.3 Å². The molecule has 154 valence electrons. The fraction of sp³-hybridized carbons (Fsp3) is 0.650. The monoisotopic (exact) mass is 406 g/mol. The van der Waals surface area contributed by atoms with E-state index in [1.165, 1.54) is 10.4 Å². The van der Waals surface area contributed by atoms with Gasteiger partial charge in [0.2, 0.25) is 5.91 Å². The Kier molecular flexibility index (Phi) is 7.30. The van der Waals surface area contributed by atoms with E-state index in [-0.39, 0.29) is 17.8 Å². The second-order valence-electron chi connectivity index (χ2n) is 7.17. The van der Waals surface area contributed by atoms with Crippen LogP contribution in [0.25, 0.3) is 0 Å². The highest BCUT2D eigenvalue weighted by molar-refractivity contribution is 7.10. The predicted octanol–water partition coefficient (Wildman–Crippen LogP) is 1.87. The largest absolute Gasteiger partial charge is 0.466 e. The first-order chi connectivity index (χ1) is 13.6. The molecule has 0 aromatic carbocycles. The van der Waals surface area contributed by atoms with Crippen molar-refractivity contribution >= 4 is 29.2 Å². The minimum atomic E-state index is -0.0917. The van der Waals surface area contributed by atoms with Crippen molar-refractivity contribution in [1.29, 1.82) is 0 Å². The van der Waals surface area contributed by atoms with E-state index >= 15 is 0 Å². The van der Waals surface area contributed by atoms with Crippen LogP contribution in [0.1, 0.15) is 36.6 Å². The number of likely N-dealkylation sites (tertiary alicyclic amines) is 1. The van der Waals surface area contributed by atoms with Crippen molar-refractivity contribution in [3.63, 3.8) is 0 Å². The van der Waals surface area contributed by atoms with Crippen LogP contribution in [0.15, 0.2) is 16.4 Å². The van der Waals surface area contributed by atoms with Gasteiger partial charge >= 0.3 is 5.97 Å². The van der Waals surface area contributed by atoms with Crippen LogP contribution < -0.4 is 5.32 Å². The lowest BCUT2D eigenvalue weighted by molar-refractivity contribution is -0.149. The van der Waals surface area contributed by atoms with Crippen LogP contribution in [0.3, 0.4) is 0 Å². The van der Waals surface area contributed by atoms with Crippen LogP contribution in [0.2, 0.25) is 0 Å². The van der Waals surface area contributed by atoms with Crippen molar-refractivity contribution in [2.75, 3.05) is 39.8 Å². The number of hydrogen-bond donors (Lipinski definition) is 1. The van der Waals surface area contributed by atoms with E-state index in [0.29, 0.717) is 19.6 Å². The van der Waals surface area contributed by atoms with Crippen LogP contribution in [0.5, 0.6) is 0 Å². The average Bonchev–Trinajstić information content (AvgIpc) is 3.19. The molecule has 28 heavy (non-hydrogen) atoms. The first-order valence-corrected chi connectivity index (χ1v) is 11.0. The topological polar surface area (TPSA) is 74.2 Å². The van der Waals surface area contributed by atoms with Gasteiger partial charge in [0.05, 0.1) is 12.5 Å². The quantitative estimate of drug-likeness (QED) is 0.459. The van der Waals surface area contributed by atoms with Gasteiger partial charge in [0, 0.05) is 51.1 Å². The maximum atomic E-state index is 12.5. The summed E-state index contributed by atoms with van der Waals surface area (Å²) in [6, 6.07) is 2.12. The molecule has 1 aromatic rings. The molecule has 0 radical (unpaired) electrons. The van der Waals surface area contributed by atoms with E-state index in [4.69, 9.17) is 4.74 Å². The van der Waals surface area contributed by atoms with Crippen molar-refractivity contribution in [3.8, 4) is 0 Å². The van der Waals surface area contributed by atoms with Gasteiger partial charge < -0.3 is 19.9 Å². The number of piperidine rings is 1. The van der Waals surface area contributed by atoms with Crippen LogP contribution in [0, 0.1) is 5.92 Å². The fourth-order valence-corrected chi connectivity index (χ4v) is 4.71. The molecule has 0 aliphatic carbocycles. The van der Waals surface area contributed by atoms with E-state index in [1.54, 1.807) is 18.4 Å². The number of guanidine groups is 1. The molecule has 0 bridgehead atoms. The number of fused-ring (bicyclic) bond motifs is 1. The molecule has 2 aliphatic heterocycles. The highest BCUT2D eigenvalue weighted by atomic mass is 32.1. The Bertz CT molecular complexity index is 710. The Balaban J connectivity index is 1.40. The Morgan fingerprint density at radius 2 is 2.07 bits per heavy atom. The maximum Gasteiger partial charge on any atom is 0.309 e. The molecular weight excluding hydrogens is 376 g/mol. The summed E-state index contributed by atoms with van der Waals surface area (Å²) in [4.78, 5) is 34.3. The zero-order valence-corrected chi connectivity index (χ0v) is 17.6. The number of amides is 1. The normalized spacial score (nSPS) is 18.0. The van der Waals surface area contributed by atoms with Crippen LogP contribution >= 0.6 is 11.3 Å². The highest BCUT2D eigenvalue weighted by Gasteiger charge is 2.27. The lowest BCUT2D eigenvalue weighted by Crippen LogP contribution is -2.47. The molecule has 1 amide bonds. The molecule has 1 saturated heterocycles. The van der Waals surface area contributed by atoms with Crippen LogP contribution in [0.4, 0.5) is 0 Å². The third kappa shape index (κ3) is 5.04. The van der Waals surface area contributed by atoms with Gasteiger partial charge in [-0.15, -0.1) is 11.3 Å². The number of carbonyl (C=O) groups is 2. The van der Waals surface area contributed by atoms with E-state index in [0.717, 1.165) is 51.4 Å². The first-order valence-electron chi connectivity index (χ1n) is 10.1. The van der Waals surface area contributed by atoms with Gasteiger partial charge in [-0.1, -0.05) is 0 Å². The van der Waals surface area contributed by atoms with Gasteiger partial charge in [-0.05, 0) is 43.2 Å². The molecule has 2 aliphatic rings. The number of aliphatic imine (C=N–C) groups is 1. The second-order valence-corrected chi connectivity index (χ2v) is 8.17. The summed E-state index contributed by atoms with van der Waals surface area (Å²) >= 11 is 1.78. The fourth-order valence-electron chi connectivity index (χ4n) is 3.82. The van der Waals surface area contributed by atoms with Crippen molar-refractivity contribution in [3.05, 3.63) is 21.9 Å². The maximum absolute atomic E-state index is 12.5. The third-order valence-corrected chi connectivity index (χ3v) is 6.43. The molecule has 3 rings (SSSR count). The SMILES string of the molecule is CCOC(=O)C1CCN(C(=NC)NCCC(=O)N2CCc3sccc3C2)CC1.